The van der Waals surface area contributed by atoms with Gasteiger partial charge in [-0.1, -0.05) is 12.2 Å². The second-order valence-electron chi connectivity index (χ2n) is 2.53. The minimum absolute atomic E-state index is 0.220. The number of rotatable bonds is 0. The van der Waals surface area contributed by atoms with Gasteiger partial charge in [-0.25, -0.2) is 0 Å². The van der Waals surface area contributed by atoms with Crippen molar-refractivity contribution in [3.8, 4) is 11.5 Å². The van der Waals surface area contributed by atoms with Crippen molar-refractivity contribution in [1.29, 1.82) is 0 Å². The molecule has 0 spiro atoms. The van der Waals surface area contributed by atoms with E-state index in [-0.39, 0.29) is 5.75 Å². The fraction of sp³-hybridized carbons (Fsp3) is 0. The largest absolute Gasteiger partial charge is 0.508 e. The molecule has 1 aromatic rings. The number of allylic oxidation sites excluding steroid dienone is 2. The highest BCUT2D eigenvalue weighted by Gasteiger charge is 2.02. The molecule has 0 aromatic heterocycles. The predicted molar refractivity (Wildman–Crippen MR) is 46.9 cm³/mol. The number of aromatic hydroxyl groups is 1. The Morgan fingerprint density at radius 3 is 3.00 bits per heavy atom. The van der Waals surface area contributed by atoms with Gasteiger partial charge >= 0.3 is 0 Å². The zero-order valence-electron chi connectivity index (χ0n) is 6.40. The third-order valence-corrected chi connectivity index (χ3v) is 1.66. The topological polar surface area (TPSA) is 29.5 Å². The van der Waals surface area contributed by atoms with Crippen LogP contribution >= 0.6 is 0 Å². The van der Waals surface area contributed by atoms with E-state index in [1.54, 1.807) is 24.5 Å². The highest BCUT2D eigenvalue weighted by Crippen LogP contribution is 2.26. The van der Waals surface area contributed by atoms with Crippen molar-refractivity contribution in [2.45, 2.75) is 0 Å². The zero-order valence-corrected chi connectivity index (χ0v) is 6.40. The molecular formula is C10H8O2. The summed E-state index contributed by atoms with van der Waals surface area (Å²) in [6.07, 6.45) is 7.21. The van der Waals surface area contributed by atoms with E-state index in [0.717, 1.165) is 5.56 Å². The molecule has 2 nitrogen and oxygen atoms in total. The van der Waals surface area contributed by atoms with Crippen molar-refractivity contribution in [2.75, 3.05) is 0 Å². The van der Waals surface area contributed by atoms with Crippen molar-refractivity contribution < 1.29 is 9.84 Å². The molecule has 0 aliphatic carbocycles. The van der Waals surface area contributed by atoms with Crippen molar-refractivity contribution >= 4 is 6.08 Å². The molecule has 2 rings (SSSR count). The van der Waals surface area contributed by atoms with Crippen LogP contribution in [0.4, 0.5) is 0 Å². The highest BCUT2D eigenvalue weighted by molar-refractivity contribution is 5.61. The Morgan fingerprint density at radius 2 is 2.08 bits per heavy atom. The van der Waals surface area contributed by atoms with Crippen LogP contribution in [0.15, 0.2) is 36.6 Å². The van der Waals surface area contributed by atoms with Gasteiger partial charge < -0.3 is 9.84 Å². The van der Waals surface area contributed by atoms with Crippen LogP contribution in [0.3, 0.4) is 0 Å². The molecule has 0 bridgehead atoms. The fourth-order valence-electron chi connectivity index (χ4n) is 1.08. The number of fused-ring (bicyclic) bond motifs is 1. The lowest BCUT2D eigenvalue weighted by Gasteiger charge is -2.03. The molecule has 0 saturated heterocycles. The van der Waals surface area contributed by atoms with Gasteiger partial charge in [-0.05, 0) is 18.2 Å². The van der Waals surface area contributed by atoms with E-state index in [2.05, 4.69) is 0 Å². The first-order valence-electron chi connectivity index (χ1n) is 3.69. The van der Waals surface area contributed by atoms with Gasteiger partial charge in [-0.3, -0.25) is 0 Å². The van der Waals surface area contributed by atoms with Crippen LogP contribution in [0.25, 0.3) is 6.08 Å². The summed E-state index contributed by atoms with van der Waals surface area (Å²) in [4.78, 5) is 0. The van der Waals surface area contributed by atoms with E-state index in [0.29, 0.717) is 5.75 Å². The van der Waals surface area contributed by atoms with E-state index in [1.165, 1.54) is 0 Å². The maximum atomic E-state index is 9.15. The lowest BCUT2D eigenvalue weighted by Crippen LogP contribution is -1.83. The number of benzene rings is 1. The average molecular weight is 160 g/mol. The van der Waals surface area contributed by atoms with Crippen LogP contribution < -0.4 is 4.74 Å². The molecular weight excluding hydrogens is 152 g/mol. The lowest BCUT2D eigenvalue weighted by atomic mass is 10.2. The van der Waals surface area contributed by atoms with Crippen LogP contribution in [0.2, 0.25) is 0 Å². The molecule has 0 unspecified atom stereocenters. The molecule has 1 aliphatic rings. The first-order valence-corrected chi connectivity index (χ1v) is 3.69. The minimum atomic E-state index is 0.220. The Bertz CT molecular complexity index is 351. The van der Waals surface area contributed by atoms with Gasteiger partial charge in [-0.2, -0.15) is 0 Å². The van der Waals surface area contributed by atoms with Crippen molar-refractivity contribution in [3.63, 3.8) is 0 Å². The third-order valence-electron chi connectivity index (χ3n) is 1.66. The summed E-state index contributed by atoms with van der Waals surface area (Å²) in [5.74, 6) is 0.900. The molecule has 0 atom stereocenters. The van der Waals surface area contributed by atoms with Crippen LogP contribution in [-0.4, -0.2) is 5.11 Å². The summed E-state index contributed by atoms with van der Waals surface area (Å²) in [7, 11) is 0. The van der Waals surface area contributed by atoms with E-state index < -0.39 is 0 Å². The van der Waals surface area contributed by atoms with Crippen LogP contribution in [0.1, 0.15) is 5.56 Å². The summed E-state index contributed by atoms with van der Waals surface area (Å²) < 4.78 is 5.23. The Kier molecular flexibility index (Phi) is 1.59. The van der Waals surface area contributed by atoms with Gasteiger partial charge in [0.2, 0.25) is 0 Å². The Hall–Kier alpha value is -1.70. The first-order chi connectivity index (χ1) is 5.86. The summed E-state index contributed by atoms with van der Waals surface area (Å²) in [5.41, 5.74) is 0.970. The SMILES string of the molecule is Oc1ccc2c(c1)OC=CC=C2. The molecule has 12 heavy (non-hydrogen) atoms. The summed E-state index contributed by atoms with van der Waals surface area (Å²) in [5, 5.41) is 9.15. The first kappa shape index (κ1) is 6.98. The number of phenolic OH excluding ortho intramolecular Hbond substituents is 1. The molecule has 0 saturated carbocycles. The van der Waals surface area contributed by atoms with Gasteiger partial charge in [0.05, 0.1) is 6.26 Å². The maximum Gasteiger partial charge on any atom is 0.137 e. The molecule has 60 valence electrons. The zero-order chi connectivity index (χ0) is 8.39. The van der Waals surface area contributed by atoms with Gasteiger partial charge in [0.25, 0.3) is 0 Å². The van der Waals surface area contributed by atoms with Gasteiger partial charge in [0.15, 0.2) is 0 Å². The Balaban J connectivity index is 2.53. The maximum absolute atomic E-state index is 9.15. The van der Waals surface area contributed by atoms with Crippen molar-refractivity contribution in [1.82, 2.24) is 0 Å². The normalized spacial score (nSPS) is 13.3. The quantitative estimate of drug-likeness (QED) is 0.631. The third kappa shape index (κ3) is 1.19. The van der Waals surface area contributed by atoms with Gasteiger partial charge in [0, 0.05) is 11.6 Å². The van der Waals surface area contributed by atoms with Crippen LogP contribution in [-0.2, 0) is 0 Å². The van der Waals surface area contributed by atoms with Crippen LogP contribution in [0, 0.1) is 0 Å². The van der Waals surface area contributed by atoms with E-state index in [1.807, 2.05) is 18.2 Å². The molecule has 0 amide bonds. The second kappa shape index (κ2) is 2.74. The molecule has 0 fully saturated rings. The van der Waals surface area contributed by atoms with E-state index in [4.69, 9.17) is 9.84 Å². The van der Waals surface area contributed by atoms with Gasteiger partial charge in [-0.15, -0.1) is 0 Å². The minimum Gasteiger partial charge on any atom is -0.508 e. The summed E-state index contributed by atoms with van der Waals surface area (Å²) in [6, 6.07) is 5.04. The lowest BCUT2D eigenvalue weighted by molar-refractivity contribution is 0.454. The molecule has 1 aromatic carbocycles. The molecule has 1 aliphatic heterocycles. The van der Waals surface area contributed by atoms with Gasteiger partial charge in [0.1, 0.15) is 11.5 Å². The second-order valence-corrected chi connectivity index (χ2v) is 2.53. The number of hydrogen-bond acceptors (Lipinski definition) is 2. The van der Waals surface area contributed by atoms with Crippen molar-refractivity contribution in [2.24, 2.45) is 0 Å². The van der Waals surface area contributed by atoms with E-state index >= 15 is 0 Å². The highest BCUT2D eigenvalue weighted by atomic mass is 16.5. The summed E-state index contributed by atoms with van der Waals surface area (Å²) in [6.45, 7) is 0. The molecule has 1 N–H and O–H groups in total. The fourth-order valence-corrected chi connectivity index (χ4v) is 1.08. The molecule has 2 heteroatoms. The standard InChI is InChI=1S/C10H8O2/c11-9-5-4-8-3-1-2-6-12-10(8)7-9/h1-7,11H. The Morgan fingerprint density at radius 1 is 1.17 bits per heavy atom. The van der Waals surface area contributed by atoms with E-state index in [9.17, 15) is 0 Å². The monoisotopic (exact) mass is 160 g/mol. The molecule has 1 heterocycles. The molecule has 0 radical (unpaired) electrons. The predicted octanol–water partition coefficient (Wildman–Crippen LogP) is 2.31. The average Bonchev–Trinajstić information content (AvgIpc) is 2.28. The Labute approximate surface area is 70.4 Å². The number of ether oxygens (including phenoxy) is 1. The number of phenols is 1. The number of hydrogen-bond donors (Lipinski definition) is 1. The smallest absolute Gasteiger partial charge is 0.137 e. The summed E-state index contributed by atoms with van der Waals surface area (Å²) >= 11 is 0. The van der Waals surface area contributed by atoms with Crippen molar-refractivity contribution in [3.05, 3.63) is 42.2 Å². The van der Waals surface area contributed by atoms with Crippen LogP contribution in [0.5, 0.6) is 11.5 Å².